The molecule has 0 amide bonds. The number of piperazine rings is 1. The molecule has 0 aliphatic carbocycles. The molecule has 3 heterocycles. The summed E-state index contributed by atoms with van der Waals surface area (Å²) in [5.74, 6) is 1.34. The minimum atomic E-state index is 0.0895. The zero-order valence-electron chi connectivity index (χ0n) is 17.4. The van der Waals surface area contributed by atoms with Gasteiger partial charge in [0.2, 0.25) is 5.89 Å². The maximum Gasteiger partial charge on any atom is 0.245 e. The normalized spacial score (nSPS) is 18.4. The lowest BCUT2D eigenvalue weighted by Crippen LogP contribution is -2.46. The molecule has 1 saturated heterocycles. The molecule has 1 aliphatic heterocycles. The first-order valence-corrected chi connectivity index (χ1v) is 10.3. The first-order valence-electron chi connectivity index (χ1n) is 9.91. The minimum Gasteiger partial charge on any atom is -0.338 e. The van der Waals surface area contributed by atoms with E-state index in [0.29, 0.717) is 23.4 Å². The van der Waals surface area contributed by atoms with Crippen LogP contribution in [0.25, 0.3) is 0 Å². The maximum absolute atomic E-state index is 6.74. The second kappa shape index (κ2) is 8.26. The summed E-state index contributed by atoms with van der Waals surface area (Å²) in [5.41, 5.74) is 4.51. The first-order chi connectivity index (χ1) is 13.9. The summed E-state index contributed by atoms with van der Waals surface area (Å²) < 4.78 is 7.32. The van der Waals surface area contributed by atoms with Crippen molar-refractivity contribution in [3.05, 3.63) is 63.5 Å². The predicted molar refractivity (Wildman–Crippen MR) is 112 cm³/mol. The highest BCUT2D eigenvalue weighted by Crippen LogP contribution is 2.27. The molecule has 0 spiro atoms. The summed E-state index contributed by atoms with van der Waals surface area (Å²) in [6.07, 6.45) is 0. The van der Waals surface area contributed by atoms with E-state index in [1.807, 2.05) is 18.5 Å². The number of likely N-dealkylation sites (N-methyl/N-ethyl adjacent to an activating group) is 1. The number of rotatable bonds is 5. The van der Waals surface area contributed by atoms with Crippen LogP contribution in [0.1, 0.15) is 40.1 Å². The second-order valence-electron chi connectivity index (χ2n) is 7.91. The maximum atomic E-state index is 6.74. The van der Waals surface area contributed by atoms with E-state index >= 15 is 0 Å². The van der Waals surface area contributed by atoms with Gasteiger partial charge in [0.25, 0.3) is 0 Å². The van der Waals surface area contributed by atoms with Gasteiger partial charge >= 0.3 is 0 Å². The minimum absolute atomic E-state index is 0.0895. The van der Waals surface area contributed by atoms with E-state index in [2.05, 4.69) is 58.2 Å². The highest BCUT2D eigenvalue weighted by molar-refractivity contribution is 6.30. The van der Waals surface area contributed by atoms with Crippen molar-refractivity contribution in [3.8, 4) is 0 Å². The van der Waals surface area contributed by atoms with Crippen molar-refractivity contribution in [3.63, 3.8) is 0 Å². The van der Waals surface area contributed by atoms with Crippen molar-refractivity contribution >= 4 is 11.6 Å². The quantitative estimate of drug-likeness (QED) is 0.637. The smallest absolute Gasteiger partial charge is 0.245 e. The van der Waals surface area contributed by atoms with Crippen LogP contribution in [0.3, 0.4) is 0 Å². The summed E-state index contributed by atoms with van der Waals surface area (Å²) in [7, 11) is 2.10. The van der Waals surface area contributed by atoms with Crippen molar-refractivity contribution in [1.29, 1.82) is 0 Å². The lowest BCUT2D eigenvalue weighted by molar-refractivity contribution is 0.0713. The Kier molecular flexibility index (Phi) is 5.72. The topological polar surface area (TPSA) is 63.2 Å². The molecule has 8 heteroatoms. The Morgan fingerprint density at radius 3 is 2.55 bits per heavy atom. The van der Waals surface area contributed by atoms with Gasteiger partial charge in [-0.2, -0.15) is 10.1 Å². The molecule has 0 bridgehead atoms. The van der Waals surface area contributed by atoms with Crippen LogP contribution in [-0.2, 0) is 13.1 Å². The number of nitrogens with zero attached hydrogens (tertiary/aromatic N) is 6. The van der Waals surface area contributed by atoms with Crippen molar-refractivity contribution < 1.29 is 4.52 Å². The predicted octanol–water partition coefficient (Wildman–Crippen LogP) is 3.38. The van der Waals surface area contributed by atoms with Gasteiger partial charge in [0, 0.05) is 31.7 Å². The lowest BCUT2D eigenvalue weighted by atomic mass is 10.1. The van der Waals surface area contributed by atoms with Crippen molar-refractivity contribution in [2.24, 2.45) is 0 Å². The lowest BCUT2D eigenvalue weighted by Gasteiger charge is -2.37. The van der Waals surface area contributed by atoms with E-state index in [9.17, 15) is 0 Å². The zero-order chi connectivity index (χ0) is 20.5. The van der Waals surface area contributed by atoms with Crippen LogP contribution in [-0.4, -0.2) is 56.4 Å². The Labute approximate surface area is 176 Å². The molecule has 0 saturated carbocycles. The van der Waals surface area contributed by atoms with Crippen molar-refractivity contribution in [1.82, 2.24) is 29.7 Å². The van der Waals surface area contributed by atoms with Gasteiger partial charge in [0.1, 0.15) is 11.2 Å². The molecule has 1 aromatic carbocycles. The molecule has 29 heavy (non-hydrogen) atoms. The molecular formula is C21H27ClN6O. The standard InChI is InChI=1S/C21H27ClN6O/c1-14-5-7-17(8-6-14)11-28-20(22)18(15(2)24-28)12-27-10-9-26(4)19(13-27)21-23-16(3)25-29-21/h5-8,19H,9-13H2,1-4H3. The summed E-state index contributed by atoms with van der Waals surface area (Å²) >= 11 is 6.74. The molecule has 0 N–H and O–H groups in total. The third kappa shape index (κ3) is 4.37. The summed E-state index contributed by atoms with van der Waals surface area (Å²) in [4.78, 5) is 9.08. The van der Waals surface area contributed by atoms with Crippen LogP contribution >= 0.6 is 11.6 Å². The fraction of sp³-hybridized carbons (Fsp3) is 0.476. The van der Waals surface area contributed by atoms with E-state index in [1.165, 1.54) is 11.1 Å². The largest absolute Gasteiger partial charge is 0.338 e. The molecule has 4 rings (SSSR count). The fourth-order valence-electron chi connectivity index (χ4n) is 3.75. The summed E-state index contributed by atoms with van der Waals surface area (Å²) in [5, 5.41) is 9.36. The first kappa shape index (κ1) is 20.1. The van der Waals surface area contributed by atoms with E-state index in [0.717, 1.165) is 37.4 Å². The van der Waals surface area contributed by atoms with Gasteiger partial charge in [-0.25, -0.2) is 4.68 Å². The fourth-order valence-corrected chi connectivity index (χ4v) is 4.05. The van der Waals surface area contributed by atoms with Crippen molar-refractivity contribution in [2.75, 3.05) is 26.7 Å². The van der Waals surface area contributed by atoms with Gasteiger partial charge in [-0.3, -0.25) is 9.80 Å². The average molecular weight is 415 g/mol. The van der Waals surface area contributed by atoms with Crippen molar-refractivity contribution in [2.45, 2.75) is 39.9 Å². The molecule has 1 unspecified atom stereocenters. The summed E-state index contributed by atoms with van der Waals surface area (Å²) in [6, 6.07) is 8.57. The highest BCUT2D eigenvalue weighted by Gasteiger charge is 2.30. The van der Waals surface area contributed by atoms with Gasteiger partial charge in [0.05, 0.1) is 12.2 Å². The van der Waals surface area contributed by atoms with Crippen LogP contribution in [0, 0.1) is 20.8 Å². The third-order valence-electron chi connectivity index (χ3n) is 5.58. The Hall–Kier alpha value is -2.22. The van der Waals surface area contributed by atoms with E-state index in [-0.39, 0.29) is 6.04 Å². The Morgan fingerprint density at radius 2 is 1.86 bits per heavy atom. The van der Waals surface area contributed by atoms with Gasteiger partial charge in [-0.1, -0.05) is 46.6 Å². The molecule has 1 aliphatic rings. The number of aryl methyl sites for hydroxylation is 3. The molecule has 1 atom stereocenters. The zero-order valence-corrected chi connectivity index (χ0v) is 18.1. The van der Waals surface area contributed by atoms with E-state index in [1.54, 1.807) is 0 Å². The van der Waals surface area contributed by atoms with Gasteiger partial charge in [-0.15, -0.1) is 0 Å². The number of aromatic nitrogens is 4. The van der Waals surface area contributed by atoms with Crippen LogP contribution in [0.5, 0.6) is 0 Å². The molecule has 1 fully saturated rings. The highest BCUT2D eigenvalue weighted by atomic mass is 35.5. The van der Waals surface area contributed by atoms with Crippen LogP contribution < -0.4 is 0 Å². The van der Waals surface area contributed by atoms with E-state index in [4.69, 9.17) is 21.2 Å². The SMILES string of the molecule is Cc1ccc(Cn2nc(C)c(CN3CCN(C)C(c4nc(C)no4)C3)c2Cl)cc1. The molecule has 3 aromatic rings. The number of hydrogen-bond donors (Lipinski definition) is 0. The molecule has 0 radical (unpaired) electrons. The third-order valence-corrected chi connectivity index (χ3v) is 6.00. The average Bonchev–Trinajstić information content (AvgIpc) is 3.23. The molecular weight excluding hydrogens is 388 g/mol. The number of benzene rings is 1. The molecule has 154 valence electrons. The number of hydrogen-bond acceptors (Lipinski definition) is 6. The molecule has 2 aromatic heterocycles. The Balaban J connectivity index is 1.49. The second-order valence-corrected chi connectivity index (χ2v) is 8.27. The van der Waals surface area contributed by atoms with Gasteiger partial charge in [0.15, 0.2) is 5.82 Å². The van der Waals surface area contributed by atoms with E-state index < -0.39 is 0 Å². The van der Waals surface area contributed by atoms with Gasteiger partial charge < -0.3 is 4.52 Å². The van der Waals surface area contributed by atoms with Gasteiger partial charge in [-0.05, 0) is 33.4 Å². The van der Waals surface area contributed by atoms with Crippen LogP contribution in [0.15, 0.2) is 28.8 Å². The Morgan fingerprint density at radius 1 is 1.10 bits per heavy atom. The monoisotopic (exact) mass is 414 g/mol. The van der Waals surface area contributed by atoms with Crippen LogP contribution in [0.2, 0.25) is 5.15 Å². The molecule has 7 nitrogen and oxygen atoms in total. The summed E-state index contributed by atoms with van der Waals surface area (Å²) in [6.45, 7) is 10.1. The van der Waals surface area contributed by atoms with Crippen LogP contribution in [0.4, 0.5) is 0 Å². The number of halogens is 1. The Bertz CT molecular complexity index is 980.